The number of anilines is 1. The van der Waals surface area contributed by atoms with Crippen LogP contribution in [-0.2, 0) is 6.54 Å². The van der Waals surface area contributed by atoms with Gasteiger partial charge in [-0.2, -0.15) is 0 Å². The van der Waals surface area contributed by atoms with Gasteiger partial charge in [0.05, 0.1) is 17.8 Å². The predicted molar refractivity (Wildman–Crippen MR) is 130 cm³/mol. The van der Waals surface area contributed by atoms with Crippen LogP contribution in [0.15, 0.2) is 59.0 Å². The Bertz CT molecular complexity index is 1350. The Hall–Kier alpha value is -3.81. The molecule has 1 amide bonds. The number of amides is 1. The van der Waals surface area contributed by atoms with Crippen molar-refractivity contribution in [2.75, 3.05) is 37.7 Å². The van der Waals surface area contributed by atoms with Gasteiger partial charge in [0.2, 0.25) is 0 Å². The van der Waals surface area contributed by atoms with Gasteiger partial charge in [-0.25, -0.2) is 8.78 Å². The maximum Gasteiger partial charge on any atom is 0.270 e. The third kappa shape index (κ3) is 4.60. The number of nitrogens with zero attached hydrogens (tertiary/aromatic N) is 3. The van der Waals surface area contributed by atoms with Gasteiger partial charge in [0, 0.05) is 50.9 Å². The summed E-state index contributed by atoms with van der Waals surface area (Å²) in [7, 11) is 0. The molecule has 2 aromatic carbocycles. The average molecular weight is 480 g/mol. The van der Waals surface area contributed by atoms with E-state index in [1.165, 1.54) is 12.1 Å². The number of hydrogen-bond donors (Lipinski definition) is 0. The van der Waals surface area contributed by atoms with Crippen molar-refractivity contribution in [3.05, 3.63) is 83.2 Å². The van der Waals surface area contributed by atoms with Gasteiger partial charge in [-0.05, 0) is 43.7 Å². The number of ether oxygens (including phenoxy) is 1. The summed E-state index contributed by atoms with van der Waals surface area (Å²) < 4.78 is 40.9. The highest BCUT2D eigenvalue weighted by atomic mass is 19.1. The van der Waals surface area contributed by atoms with E-state index in [1.54, 1.807) is 10.6 Å². The molecule has 0 saturated carbocycles. The summed E-state index contributed by atoms with van der Waals surface area (Å²) in [6.45, 7) is 6.94. The molecule has 2 aromatic heterocycles. The van der Waals surface area contributed by atoms with Gasteiger partial charge in [0.15, 0.2) is 5.58 Å². The van der Waals surface area contributed by atoms with Crippen molar-refractivity contribution in [1.29, 1.82) is 0 Å². The average Bonchev–Trinajstić information content (AvgIpc) is 3.35. The third-order valence-electron chi connectivity index (χ3n) is 6.27. The molecule has 3 heterocycles. The van der Waals surface area contributed by atoms with Crippen molar-refractivity contribution < 1.29 is 22.7 Å². The summed E-state index contributed by atoms with van der Waals surface area (Å²) in [6, 6.07) is 14.9. The van der Waals surface area contributed by atoms with Gasteiger partial charge in [0.1, 0.15) is 28.8 Å². The van der Waals surface area contributed by atoms with E-state index in [2.05, 4.69) is 4.90 Å². The van der Waals surface area contributed by atoms with Crippen LogP contribution in [0.2, 0.25) is 0 Å². The number of aromatic nitrogens is 1. The van der Waals surface area contributed by atoms with Gasteiger partial charge in [-0.1, -0.05) is 12.1 Å². The van der Waals surface area contributed by atoms with Crippen molar-refractivity contribution in [3.63, 3.8) is 0 Å². The van der Waals surface area contributed by atoms with E-state index >= 15 is 0 Å². The van der Waals surface area contributed by atoms with E-state index in [1.807, 2.05) is 49.1 Å². The summed E-state index contributed by atoms with van der Waals surface area (Å²) in [5.74, 6) is 0.103. The predicted octanol–water partition coefficient (Wildman–Crippen LogP) is 5.23. The van der Waals surface area contributed by atoms with Gasteiger partial charge >= 0.3 is 0 Å². The summed E-state index contributed by atoms with van der Waals surface area (Å²) in [4.78, 5) is 17.6. The van der Waals surface area contributed by atoms with Crippen LogP contribution < -0.4 is 9.64 Å². The van der Waals surface area contributed by atoms with Crippen LogP contribution in [0, 0.1) is 18.6 Å². The van der Waals surface area contributed by atoms with Crippen LogP contribution in [0.1, 0.15) is 28.7 Å². The number of furan rings is 1. The zero-order valence-electron chi connectivity index (χ0n) is 19.8. The van der Waals surface area contributed by atoms with Crippen LogP contribution >= 0.6 is 0 Å². The quantitative estimate of drug-likeness (QED) is 0.380. The molecule has 1 aliphatic rings. The van der Waals surface area contributed by atoms with Crippen LogP contribution in [0.25, 0.3) is 11.1 Å². The third-order valence-corrected chi connectivity index (χ3v) is 6.27. The topological polar surface area (TPSA) is 50.9 Å². The van der Waals surface area contributed by atoms with Gasteiger partial charge in [0.25, 0.3) is 5.91 Å². The molecule has 0 spiro atoms. The first-order valence-electron chi connectivity index (χ1n) is 11.7. The lowest BCUT2D eigenvalue weighted by atomic mass is 10.2. The molecule has 1 saturated heterocycles. The SMILES string of the molecule is CCOc1ccccc1N1CCN(C(=O)c2cc3oc(C)cc3n2Cc2cc(F)cc(F)c2)CC1. The molecule has 8 heteroatoms. The highest BCUT2D eigenvalue weighted by Gasteiger charge is 2.27. The fourth-order valence-electron chi connectivity index (χ4n) is 4.71. The summed E-state index contributed by atoms with van der Waals surface area (Å²) in [6.07, 6.45) is 0. The van der Waals surface area contributed by atoms with Crippen molar-refractivity contribution in [1.82, 2.24) is 9.47 Å². The monoisotopic (exact) mass is 479 g/mol. The molecule has 0 radical (unpaired) electrons. The fraction of sp³-hybridized carbons (Fsp3) is 0.296. The number of carbonyl (C=O) groups is 1. The number of para-hydroxylation sites is 2. The fourth-order valence-corrected chi connectivity index (χ4v) is 4.71. The second-order valence-corrected chi connectivity index (χ2v) is 8.68. The number of benzene rings is 2. The molecule has 6 nitrogen and oxygen atoms in total. The highest BCUT2D eigenvalue weighted by molar-refractivity contribution is 5.98. The van der Waals surface area contributed by atoms with Crippen molar-refractivity contribution in [2.45, 2.75) is 20.4 Å². The molecular formula is C27H27F2N3O3. The van der Waals surface area contributed by atoms with E-state index in [0.29, 0.717) is 55.4 Å². The van der Waals surface area contributed by atoms with Crippen LogP contribution in [0.3, 0.4) is 0 Å². The number of halogens is 2. The van der Waals surface area contributed by atoms with Crippen LogP contribution in [0.5, 0.6) is 5.75 Å². The molecule has 0 unspecified atom stereocenters. The first-order chi connectivity index (χ1) is 16.9. The molecule has 0 N–H and O–H groups in total. The molecule has 0 aliphatic carbocycles. The first kappa shape index (κ1) is 23.0. The summed E-state index contributed by atoms with van der Waals surface area (Å²) in [5, 5.41) is 0. The second kappa shape index (κ2) is 9.44. The van der Waals surface area contributed by atoms with E-state index < -0.39 is 11.6 Å². The molecule has 0 atom stereocenters. The van der Waals surface area contributed by atoms with E-state index in [-0.39, 0.29) is 12.5 Å². The lowest BCUT2D eigenvalue weighted by molar-refractivity contribution is 0.0736. The zero-order valence-corrected chi connectivity index (χ0v) is 19.8. The molecule has 1 fully saturated rings. The zero-order chi connectivity index (χ0) is 24.5. The van der Waals surface area contributed by atoms with Crippen molar-refractivity contribution in [2.24, 2.45) is 0 Å². The minimum absolute atomic E-state index is 0.135. The minimum Gasteiger partial charge on any atom is -0.492 e. The molecule has 35 heavy (non-hydrogen) atoms. The Balaban J connectivity index is 1.39. The molecule has 4 aromatic rings. The lowest BCUT2D eigenvalue weighted by Crippen LogP contribution is -2.49. The van der Waals surface area contributed by atoms with Crippen LogP contribution in [-0.4, -0.2) is 48.2 Å². The second-order valence-electron chi connectivity index (χ2n) is 8.68. The van der Waals surface area contributed by atoms with E-state index in [4.69, 9.17) is 9.15 Å². The van der Waals surface area contributed by atoms with E-state index in [0.717, 1.165) is 23.0 Å². The Labute approximate surface area is 202 Å². The Morgan fingerprint density at radius 1 is 1.00 bits per heavy atom. The van der Waals surface area contributed by atoms with Gasteiger partial charge in [-0.15, -0.1) is 0 Å². The number of rotatable bonds is 6. The standard InChI is InChI=1S/C27H27F2N3O3/c1-3-34-25-7-5-4-6-22(25)30-8-10-31(11-9-30)27(33)24-16-26-23(12-18(2)35-26)32(24)17-19-13-20(28)15-21(29)14-19/h4-7,12-16H,3,8-11,17H2,1-2H3. The smallest absolute Gasteiger partial charge is 0.270 e. The molecule has 0 bridgehead atoms. The van der Waals surface area contributed by atoms with Crippen molar-refractivity contribution >= 4 is 22.7 Å². The summed E-state index contributed by atoms with van der Waals surface area (Å²) in [5.41, 5.74) is 3.19. The first-order valence-corrected chi connectivity index (χ1v) is 11.7. The molecule has 182 valence electrons. The normalized spacial score (nSPS) is 14.1. The van der Waals surface area contributed by atoms with E-state index in [9.17, 15) is 13.6 Å². The Morgan fingerprint density at radius 3 is 2.43 bits per heavy atom. The van der Waals surface area contributed by atoms with Gasteiger partial charge in [-0.3, -0.25) is 4.79 Å². The summed E-state index contributed by atoms with van der Waals surface area (Å²) >= 11 is 0. The van der Waals surface area contributed by atoms with Crippen LogP contribution in [0.4, 0.5) is 14.5 Å². The lowest BCUT2D eigenvalue weighted by Gasteiger charge is -2.36. The Kier molecular flexibility index (Phi) is 6.19. The number of hydrogen-bond acceptors (Lipinski definition) is 4. The molecule has 1 aliphatic heterocycles. The molecule has 5 rings (SSSR count). The maximum atomic E-state index is 13.8. The number of fused-ring (bicyclic) bond motifs is 1. The van der Waals surface area contributed by atoms with Crippen molar-refractivity contribution in [3.8, 4) is 5.75 Å². The highest BCUT2D eigenvalue weighted by Crippen LogP contribution is 2.30. The largest absolute Gasteiger partial charge is 0.492 e. The molecular weight excluding hydrogens is 452 g/mol. The number of aryl methyl sites for hydroxylation is 1. The minimum atomic E-state index is -0.650. The van der Waals surface area contributed by atoms with Gasteiger partial charge < -0.3 is 23.5 Å². The number of piperazine rings is 1. The maximum absolute atomic E-state index is 13.8. The Morgan fingerprint density at radius 2 is 1.71 bits per heavy atom. The number of carbonyl (C=O) groups excluding carboxylic acids is 1.